The first-order chi connectivity index (χ1) is 17.0. The number of aromatic nitrogens is 1. The maximum Gasteiger partial charge on any atom is 0.294 e. The Morgan fingerprint density at radius 2 is 1.71 bits per heavy atom. The number of furan rings is 1. The average Bonchev–Trinajstić information content (AvgIpc) is 3.47. The Hall–Kier alpha value is -4.90. The maximum absolute atomic E-state index is 11.5. The summed E-state index contributed by atoms with van der Waals surface area (Å²) in [6.07, 6.45) is 1.46. The van der Waals surface area contributed by atoms with Crippen molar-refractivity contribution in [1.82, 2.24) is 4.68 Å². The molecule has 0 radical (unpaired) electrons. The molecule has 5 rings (SSSR count). The summed E-state index contributed by atoms with van der Waals surface area (Å²) in [5, 5.41) is 29.8. The number of fused-ring (bicyclic) bond motifs is 1. The van der Waals surface area contributed by atoms with E-state index < -0.39 is 9.85 Å². The van der Waals surface area contributed by atoms with Crippen LogP contribution < -0.4 is 4.80 Å². The number of rotatable bonds is 6. The molecule has 11 heteroatoms. The van der Waals surface area contributed by atoms with Crippen molar-refractivity contribution in [3.8, 4) is 11.5 Å². The highest BCUT2D eigenvalue weighted by Crippen LogP contribution is 2.29. The SMILES string of the molecule is O=[N+]([O-])c1cccc(C=Nn2c(-c3cc4ccccc4o3)csc2=Nc2ccccc2[N+](=O)[O-])c1. The van der Waals surface area contributed by atoms with Crippen LogP contribution in [0, 0.1) is 20.2 Å². The van der Waals surface area contributed by atoms with Gasteiger partial charge in [-0.1, -0.05) is 42.5 Å². The molecule has 0 aliphatic rings. The molecule has 0 fully saturated rings. The van der Waals surface area contributed by atoms with Crippen molar-refractivity contribution < 1.29 is 14.3 Å². The highest BCUT2D eigenvalue weighted by molar-refractivity contribution is 7.07. The van der Waals surface area contributed by atoms with Crippen molar-refractivity contribution in [2.24, 2.45) is 10.1 Å². The van der Waals surface area contributed by atoms with Crippen molar-refractivity contribution in [2.45, 2.75) is 0 Å². The zero-order valence-corrected chi connectivity index (χ0v) is 18.7. The third-order valence-corrected chi connectivity index (χ3v) is 5.88. The Labute approximate surface area is 201 Å². The second-order valence-corrected chi connectivity index (χ2v) is 8.15. The summed E-state index contributed by atoms with van der Waals surface area (Å²) in [7, 11) is 0. The van der Waals surface area contributed by atoms with Crippen LogP contribution in [0.5, 0.6) is 0 Å². The Bertz CT molecular complexity index is 1650. The van der Waals surface area contributed by atoms with Gasteiger partial charge in [0.15, 0.2) is 5.76 Å². The van der Waals surface area contributed by atoms with Gasteiger partial charge in [-0.25, -0.2) is 9.67 Å². The number of nitrogens with zero attached hydrogens (tertiary/aromatic N) is 5. The summed E-state index contributed by atoms with van der Waals surface area (Å²) in [5.74, 6) is 0.530. The van der Waals surface area contributed by atoms with E-state index in [1.165, 1.54) is 40.4 Å². The zero-order valence-electron chi connectivity index (χ0n) is 17.8. The molecular weight excluding hydrogens is 470 g/mol. The number of benzene rings is 3. The summed E-state index contributed by atoms with van der Waals surface area (Å²) < 4.78 is 7.49. The van der Waals surface area contributed by atoms with E-state index in [9.17, 15) is 20.2 Å². The van der Waals surface area contributed by atoms with E-state index in [4.69, 9.17) is 4.42 Å². The van der Waals surface area contributed by atoms with Crippen LogP contribution >= 0.6 is 11.3 Å². The molecular formula is C24H15N5O5S. The lowest BCUT2D eigenvalue weighted by Gasteiger charge is -2.01. The van der Waals surface area contributed by atoms with Crippen LogP contribution in [0.1, 0.15) is 5.56 Å². The van der Waals surface area contributed by atoms with Crippen LogP contribution in [0.2, 0.25) is 0 Å². The van der Waals surface area contributed by atoms with E-state index >= 15 is 0 Å². The predicted octanol–water partition coefficient (Wildman–Crippen LogP) is 5.89. The van der Waals surface area contributed by atoms with Crippen LogP contribution in [0.3, 0.4) is 0 Å². The van der Waals surface area contributed by atoms with Gasteiger partial charge < -0.3 is 4.42 Å². The lowest BCUT2D eigenvalue weighted by molar-refractivity contribution is -0.384. The van der Waals surface area contributed by atoms with Crippen LogP contribution in [0.25, 0.3) is 22.4 Å². The first kappa shape index (κ1) is 21.9. The normalized spacial score (nSPS) is 11.9. The van der Waals surface area contributed by atoms with Gasteiger partial charge in [0.05, 0.1) is 16.1 Å². The topological polar surface area (TPSA) is 129 Å². The predicted molar refractivity (Wildman–Crippen MR) is 132 cm³/mol. The van der Waals surface area contributed by atoms with Crippen molar-refractivity contribution in [3.05, 3.63) is 115 Å². The Morgan fingerprint density at radius 3 is 2.51 bits per heavy atom. The first-order valence-electron chi connectivity index (χ1n) is 10.3. The smallest absolute Gasteiger partial charge is 0.294 e. The second-order valence-electron chi connectivity index (χ2n) is 7.32. The van der Waals surface area contributed by atoms with Crippen LogP contribution in [-0.2, 0) is 0 Å². The van der Waals surface area contributed by atoms with E-state index in [-0.39, 0.29) is 17.1 Å². The van der Waals surface area contributed by atoms with E-state index in [1.807, 2.05) is 30.3 Å². The van der Waals surface area contributed by atoms with Gasteiger partial charge >= 0.3 is 0 Å². The van der Waals surface area contributed by atoms with Gasteiger partial charge in [0.25, 0.3) is 11.4 Å². The lowest BCUT2D eigenvalue weighted by Crippen LogP contribution is -2.11. The molecule has 35 heavy (non-hydrogen) atoms. The molecule has 5 aromatic rings. The quantitative estimate of drug-likeness (QED) is 0.168. The van der Waals surface area contributed by atoms with Gasteiger partial charge in [-0.3, -0.25) is 20.2 Å². The monoisotopic (exact) mass is 485 g/mol. The summed E-state index contributed by atoms with van der Waals surface area (Å²) in [4.78, 5) is 26.5. The molecule has 0 saturated heterocycles. The Kier molecular flexibility index (Phi) is 5.73. The molecule has 172 valence electrons. The summed E-state index contributed by atoms with van der Waals surface area (Å²) in [5.41, 5.74) is 1.75. The Morgan fingerprint density at radius 1 is 0.914 bits per heavy atom. The van der Waals surface area contributed by atoms with Gasteiger partial charge in [0, 0.05) is 34.5 Å². The van der Waals surface area contributed by atoms with Gasteiger partial charge in [0.1, 0.15) is 17.0 Å². The molecule has 0 N–H and O–H groups in total. The van der Waals surface area contributed by atoms with Crippen LogP contribution in [0.4, 0.5) is 17.1 Å². The third kappa shape index (κ3) is 4.48. The number of nitro benzene ring substituents is 2. The fourth-order valence-electron chi connectivity index (χ4n) is 3.43. The zero-order chi connectivity index (χ0) is 24.4. The largest absolute Gasteiger partial charge is 0.454 e. The number of thiazole rings is 1. The minimum Gasteiger partial charge on any atom is -0.454 e. The standard InChI is InChI=1S/C24H15N5O5S/c30-28(31)18-8-5-6-16(12-18)14-25-27-21(23-13-17-7-1-4-11-22(17)34-23)15-35-24(27)26-19-9-2-3-10-20(19)29(32)33/h1-15H. The first-order valence-corrected chi connectivity index (χ1v) is 11.1. The van der Waals surface area contributed by atoms with Crippen molar-refractivity contribution in [1.29, 1.82) is 0 Å². The van der Waals surface area contributed by atoms with Gasteiger partial charge in [-0.15, -0.1) is 11.3 Å². The van der Waals surface area contributed by atoms with Crippen molar-refractivity contribution in [3.63, 3.8) is 0 Å². The van der Waals surface area contributed by atoms with Crippen molar-refractivity contribution in [2.75, 3.05) is 0 Å². The fourth-order valence-corrected chi connectivity index (χ4v) is 4.26. The second kappa shape index (κ2) is 9.15. The van der Waals surface area contributed by atoms with E-state index in [2.05, 4.69) is 10.1 Å². The highest BCUT2D eigenvalue weighted by atomic mass is 32.1. The van der Waals surface area contributed by atoms with E-state index in [0.717, 1.165) is 5.39 Å². The molecule has 0 unspecified atom stereocenters. The molecule has 0 atom stereocenters. The van der Waals surface area contributed by atoms with Gasteiger partial charge in [0.2, 0.25) is 4.80 Å². The summed E-state index contributed by atoms with van der Waals surface area (Å²) >= 11 is 1.23. The molecule has 0 aliphatic carbocycles. The van der Waals surface area contributed by atoms with E-state index in [1.54, 1.807) is 35.7 Å². The minimum absolute atomic E-state index is 0.0633. The highest BCUT2D eigenvalue weighted by Gasteiger charge is 2.16. The molecule has 10 nitrogen and oxygen atoms in total. The number of non-ortho nitro benzene ring substituents is 1. The molecule has 2 aromatic heterocycles. The molecule has 0 bridgehead atoms. The summed E-state index contributed by atoms with van der Waals surface area (Å²) in [6, 6.07) is 21.6. The fraction of sp³-hybridized carbons (Fsp3) is 0. The minimum atomic E-state index is -0.497. The molecule has 3 aromatic carbocycles. The Balaban J connectivity index is 1.68. The van der Waals surface area contributed by atoms with Gasteiger partial charge in [-0.05, 0) is 18.2 Å². The van der Waals surface area contributed by atoms with E-state index in [0.29, 0.717) is 27.4 Å². The lowest BCUT2D eigenvalue weighted by atomic mass is 10.2. The number of hydrogen-bond acceptors (Lipinski definition) is 8. The van der Waals surface area contributed by atoms with Crippen molar-refractivity contribution >= 4 is 45.6 Å². The molecule has 0 amide bonds. The number of hydrogen-bond donors (Lipinski definition) is 0. The molecule has 2 heterocycles. The molecule has 0 saturated carbocycles. The van der Waals surface area contributed by atoms with Gasteiger partial charge in [-0.2, -0.15) is 5.10 Å². The number of nitro groups is 2. The molecule has 0 aliphatic heterocycles. The summed E-state index contributed by atoms with van der Waals surface area (Å²) in [6.45, 7) is 0. The third-order valence-electron chi connectivity index (χ3n) is 5.06. The van der Waals surface area contributed by atoms with Crippen LogP contribution in [-0.4, -0.2) is 20.7 Å². The van der Waals surface area contributed by atoms with Crippen LogP contribution in [0.15, 0.2) is 98.8 Å². The number of para-hydroxylation sites is 3. The maximum atomic E-state index is 11.5. The average molecular weight is 485 g/mol. The molecule has 0 spiro atoms.